The van der Waals surface area contributed by atoms with Crippen molar-refractivity contribution in [2.24, 2.45) is 0 Å². The van der Waals surface area contributed by atoms with Crippen molar-refractivity contribution in [1.82, 2.24) is 0 Å². The maximum Gasteiger partial charge on any atom is 0.343 e. The molecule has 7 nitrogen and oxygen atoms in total. The van der Waals surface area contributed by atoms with Crippen LogP contribution in [0, 0.1) is 18.3 Å². The van der Waals surface area contributed by atoms with Gasteiger partial charge in [0.05, 0.1) is 13.7 Å². The van der Waals surface area contributed by atoms with Crippen molar-refractivity contribution in [1.29, 1.82) is 5.26 Å². The van der Waals surface area contributed by atoms with Crippen LogP contribution >= 0.6 is 0 Å². The van der Waals surface area contributed by atoms with Crippen molar-refractivity contribution in [3.8, 4) is 17.6 Å². The molecule has 1 amide bonds. The van der Waals surface area contributed by atoms with E-state index in [1.807, 2.05) is 32.0 Å². The van der Waals surface area contributed by atoms with Crippen molar-refractivity contribution < 1.29 is 23.8 Å². The van der Waals surface area contributed by atoms with E-state index in [0.29, 0.717) is 29.4 Å². The summed E-state index contributed by atoms with van der Waals surface area (Å²) in [6.45, 7) is 3.80. The maximum absolute atomic E-state index is 12.5. The number of nitrogens with zero attached hydrogens (tertiary/aromatic N) is 1. The van der Waals surface area contributed by atoms with E-state index in [4.69, 9.17) is 9.47 Å². The molecule has 0 bridgehead atoms. The molecule has 0 saturated carbocycles. The normalized spacial score (nSPS) is 10.6. The van der Waals surface area contributed by atoms with Crippen LogP contribution in [0.1, 0.15) is 18.1 Å². The Morgan fingerprint density at radius 2 is 1.90 bits per heavy atom. The van der Waals surface area contributed by atoms with Crippen molar-refractivity contribution in [2.45, 2.75) is 13.8 Å². The third-order valence-corrected chi connectivity index (χ3v) is 3.91. The van der Waals surface area contributed by atoms with Crippen LogP contribution in [0.25, 0.3) is 6.08 Å². The number of para-hydroxylation sites is 1. The number of benzene rings is 2. The Hall–Kier alpha value is -3.79. The zero-order valence-corrected chi connectivity index (χ0v) is 16.5. The van der Waals surface area contributed by atoms with Crippen LogP contribution in [-0.4, -0.2) is 32.2 Å². The number of carbonyl (C=O) groups is 2. The number of anilines is 1. The highest BCUT2D eigenvalue weighted by Gasteiger charge is 2.13. The topological polar surface area (TPSA) is 97.6 Å². The summed E-state index contributed by atoms with van der Waals surface area (Å²) in [4.78, 5) is 23.8. The lowest BCUT2D eigenvalue weighted by molar-refractivity contribution is -0.142. The number of aryl methyl sites for hydroxylation is 1. The average molecular weight is 394 g/mol. The fraction of sp³-hybridized carbons (Fsp3) is 0.227. The number of rotatable bonds is 8. The van der Waals surface area contributed by atoms with Gasteiger partial charge >= 0.3 is 5.97 Å². The van der Waals surface area contributed by atoms with Gasteiger partial charge in [0, 0.05) is 5.69 Å². The molecule has 0 fully saturated rings. The van der Waals surface area contributed by atoms with Gasteiger partial charge in [0.25, 0.3) is 5.91 Å². The van der Waals surface area contributed by atoms with Crippen LogP contribution in [0.5, 0.6) is 11.5 Å². The summed E-state index contributed by atoms with van der Waals surface area (Å²) in [5.41, 5.74) is 2.05. The van der Waals surface area contributed by atoms with Gasteiger partial charge in [-0.15, -0.1) is 0 Å². The SMILES string of the molecule is CCOc1cc(/C=C(/C#N)C(=O)Nc2ccccc2C)ccc1OCC(=O)OC. The van der Waals surface area contributed by atoms with Crippen LogP contribution in [0.15, 0.2) is 48.0 Å². The van der Waals surface area contributed by atoms with E-state index >= 15 is 0 Å². The molecule has 1 N–H and O–H groups in total. The molecular weight excluding hydrogens is 372 g/mol. The van der Waals surface area contributed by atoms with Crippen molar-refractivity contribution in [3.63, 3.8) is 0 Å². The average Bonchev–Trinajstić information content (AvgIpc) is 2.72. The third kappa shape index (κ3) is 6.11. The second kappa shape index (κ2) is 10.5. The van der Waals surface area contributed by atoms with E-state index in [0.717, 1.165) is 5.56 Å². The van der Waals surface area contributed by atoms with Gasteiger partial charge in [0.2, 0.25) is 0 Å². The second-order valence-electron chi connectivity index (χ2n) is 5.94. The lowest BCUT2D eigenvalue weighted by Gasteiger charge is -2.12. The number of esters is 1. The molecule has 0 unspecified atom stereocenters. The van der Waals surface area contributed by atoms with Crippen LogP contribution in [0.4, 0.5) is 5.69 Å². The molecule has 0 aliphatic rings. The largest absolute Gasteiger partial charge is 0.490 e. The van der Waals surface area contributed by atoms with Crippen LogP contribution in [-0.2, 0) is 14.3 Å². The molecule has 0 heterocycles. The van der Waals surface area contributed by atoms with Crippen molar-refractivity contribution in [3.05, 3.63) is 59.2 Å². The van der Waals surface area contributed by atoms with Crippen LogP contribution in [0.3, 0.4) is 0 Å². The molecule has 7 heteroatoms. The first-order valence-electron chi connectivity index (χ1n) is 8.93. The zero-order chi connectivity index (χ0) is 21.2. The van der Waals surface area contributed by atoms with E-state index in [1.165, 1.54) is 13.2 Å². The van der Waals surface area contributed by atoms with Gasteiger partial charge in [-0.3, -0.25) is 4.79 Å². The van der Waals surface area contributed by atoms with Gasteiger partial charge < -0.3 is 19.5 Å². The third-order valence-electron chi connectivity index (χ3n) is 3.91. The van der Waals surface area contributed by atoms with E-state index in [2.05, 4.69) is 10.1 Å². The predicted molar refractivity (Wildman–Crippen MR) is 109 cm³/mol. The molecule has 0 aliphatic heterocycles. The zero-order valence-electron chi connectivity index (χ0n) is 16.5. The van der Waals surface area contributed by atoms with Gasteiger partial charge in [0.1, 0.15) is 11.6 Å². The minimum atomic E-state index is -0.518. The van der Waals surface area contributed by atoms with Gasteiger partial charge in [0.15, 0.2) is 18.1 Å². The number of nitrogens with one attached hydrogen (secondary N) is 1. The highest BCUT2D eigenvalue weighted by molar-refractivity contribution is 6.10. The number of hydrogen-bond acceptors (Lipinski definition) is 6. The molecule has 0 saturated heterocycles. The van der Waals surface area contributed by atoms with Gasteiger partial charge in [-0.2, -0.15) is 5.26 Å². The predicted octanol–water partition coefficient (Wildman–Crippen LogP) is 3.49. The molecule has 0 spiro atoms. The molecule has 2 rings (SSSR count). The van der Waals surface area contributed by atoms with Gasteiger partial charge in [-0.05, 0) is 49.2 Å². The quantitative estimate of drug-likeness (QED) is 0.418. The molecule has 0 atom stereocenters. The summed E-state index contributed by atoms with van der Waals surface area (Å²) in [7, 11) is 1.27. The Kier molecular flexibility index (Phi) is 7.80. The Morgan fingerprint density at radius 1 is 1.14 bits per heavy atom. The summed E-state index contributed by atoms with van der Waals surface area (Å²) in [6, 6.07) is 14.1. The number of amides is 1. The maximum atomic E-state index is 12.5. The minimum Gasteiger partial charge on any atom is -0.490 e. The van der Waals surface area contributed by atoms with E-state index in [9.17, 15) is 14.9 Å². The highest BCUT2D eigenvalue weighted by Crippen LogP contribution is 2.29. The smallest absolute Gasteiger partial charge is 0.343 e. The molecule has 150 valence electrons. The highest BCUT2D eigenvalue weighted by atomic mass is 16.6. The van der Waals surface area contributed by atoms with Gasteiger partial charge in [-0.1, -0.05) is 24.3 Å². The number of ether oxygens (including phenoxy) is 3. The molecule has 0 aromatic heterocycles. The summed E-state index contributed by atoms with van der Waals surface area (Å²) in [6.07, 6.45) is 1.46. The molecular formula is C22H22N2O5. The standard InChI is InChI=1S/C22H22N2O5/c1-4-28-20-12-16(9-10-19(20)29-14-21(25)27-3)11-17(13-23)22(26)24-18-8-6-5-7-15(18)2/h5-12H,4,14H2,1-3H3,(H,24,26)/b17-11-. The van der Waals surface area contributed by atoms with E-state index < -0.39 is 11.9 Å². The number of carbonyl (C=O) groups excluding carboxylic acids is 2. The lowest BCUT2D eigenvalue weighted by Crippen LogP contribution is -2.14. The Morgan fingerprint density at radius 3 is 2.55 bits per heavy atom. The van der Waals surface area contributed by atoms with Crippen molar-refractivity contribution >= 4 is 23.6 Å². The first-order valence-corrected chi connectivity index (χ1v) is 8.93. The number of hydrogen-bond donors (Lipinski definition) is 1. The van der Waals surface area contributed by atoms with Crippen molar-refractivity contribution in [2.75, 3.05) is 25.6 Å². The second-order valence-corrected chi connectivity index (χ2v) is 5.94. The first-order chi connectivity index (χ1) is 14.0. The summed E-state index contributed by atoms with van der Waals surface area (Å²) in [5, 5.41) is 12.2. The molecule has 0 aliphatic carbocycles. The molecule has 0 radical (unpaired) electrons. The van der Waals surface area contributed by atoms with E-state index in [1.54, 1.807) is 30.3 Å². The fourth-order valence-corrected chi connectivity index (χ4v) is 2.42. The van der Waals surface area contributed by atoms with E-state index in [-0.39, 0.29) is 12.2 Å². The Bertz CT molecular complexity index is 960. The molecule has 2 aromatic carbocycles. The molecule has 29 heavy (non-hydrogen) atoms. The first kappa shape index (κ1) is 21.5. The van der Waals surface area contributed by atoms with Gasteiger partial charge in [-0.25, -0.2) is 4.79 Å². The summed E-state index contributed by atoms with van der Waals surface area (Å²) in [5.74, 6) is -0.277. The fourth-order valence-electron chi connectivity index (χ4n) is 2.42. The summed E-state index contributed by atoms with van der Waals surface area (Å²) < 4.78 is 15.5. The monoisotopic (exact) mass is 394 g/mol. The van der Waals surface area contributed by atoms with Crippen LogP contribution in [0.2, 0.25) is 0 Å². The lowest BCUT2D eigenvalue weighted by atomic mass is 10.1. The summed E-state index contributed by atoms with van der Waals surface area (Å²) >= 11 is 0. The number of methoxy groups -OCH3 is 1. The number of nitriles is 1. The minimum absolute atomic E-state index is 0.0565. The Labute approximate surface area is 169 Å². The van der Waals surface area contributed by atoms with Crippen LogP contribution < -0.4 is 14.8 Å². The molecule has 2 aromatic rings. The Balaban J connectivity index is 2.24.